The van der Waals surface area contributed by atoms with Crippen LogP contribution in [0.5, 0.6) is 0 Å². The highest BCUT2D eigenvalue weighted by Crippen LogP contribution is 2.20. The summed E-state index contributed by atoms with van der Waals surface area (Å²) < 4.78 is 1.75. The fraction of sp³-hybridized carbons (Fsp3) is 0. The number of hydrogen-bond acceptors (Lipinski definition) is 5. The van der Waals surface area contributed by atoms with E-state index in [1.165, 1.54) is 23.0 Å². The fourth-order valence-corrected chi connectivity index (χ4v) is 2.33. The predicted molar refractivity (Wildman–Crippen MR) is 93.9 cm³/mol. The Balaban J connectivity index is 1.97. The van der Waals surface area contributed by atoms with Gasteiger partial charge in [0.1, 0.15) is 0 Å². The highest BCUT2D eigenvalue weighted by Gasteiger charge is 2.08. The molecule has 1 N–H and O–H groups in total. The Kier molecular flexibility index (Phi) is 4.50. The molecule has 120 valence electrons. The molecule has 0 amide bonds. The van der Waals surface area contributed by atoms with E-state index in [0.717, 1.165) is 5.56 Å². The Morgan fingerprint density at radius 2 is 2.04 bits per heavy atom. The number of aromatic nitrogens is 3. The van der Waals surface area contributed by atoms with Crippen LogP contribution in [0, 0.1) is 14.9 Å². The first-order valence-corrected chi connectivity index (χ1v) is 7.55. The van der Waals surface area contributed by atoms with Crippen LogP contribution in [0.15, 0.2) is 53.6 Å². The molecule has 7 nitrogen and oxygen atoms in total. The Morgan fingerprint density at radius 3 is 2.75 bits per heavy atom. The lowest BCUT2D eigenvalue weighted by molar-refractivity contribution is -0.384. The van der Waals surface area contributed by atoms with Gasteiger partial charge in [0, 0.05) is 28.3 Å². The number of rotatable bonds is 4. The normalized spacial score (nSPS) is 11.0. The van der Waals surface area contributed by atoms with Gasteiger partial charge < -0.3 is 0 Å². The van der Waals surface area contributed by atoms with E-state index in [9.17, 15) is 10.1 Å². The van der Waals surface area contributed by atoms with Crippen molar-refractivity contribution in [2.75, 3.05) is 0 Å². The quantitative estimate of drug-likeness (QED) is 0.329. The molecule has 9 heteroatoms. The number of non-ortho nitro benzene ring substituents is 1. The lowest BCUT2D eigenvalue weighted by Gasteiger charge is -2.01. The molecule has 0 aliphatic rings. The molecule has 0 bridgehead atoms. The Bertz CT molecular complexity index is 978. The van der Waals surface area contributed by atoms with Crippen molar-refractivity contribution in [3.8, 4) is 11.4 Å². The van der Waals surface area contributed by atoms with Gasteiger partial charge in [-0.15, -0.1) is 0 Å². The zero-order chi connectivity index (χ0) is 17.1. The molecular formula is C15H10ClN5O2S. The second-order valence-corrected chi connectivity index (χ2v) is 5.59. The minimum atomic E-state index is -0.458. The molecule has 0 spiro atoms. The summed E-state index contributed by atoms with van der Waals surface area (Å²) in [4.78, 5) is 10.4. The number of aromatic amines is 1. The minimum absolute atomic E-state index is 0.00679. The van der Waals surface area contributed by atoms with Crippen molar-refractivity contribution in [2.45, 2.75) is 0 Å². The number of nitro groups is 1. The van der Waals surface area contributed by atoms with E-state index in [-0.39, 0.29) is 5.69 Å². The van der Waals surface area contributed by atoms with Gasteiger partial charge in [-0.2, -0.15) is 14.9 Å². The van der Waals surface area contributed by atoms with Gasteiger partial charge >= 0.3 is 0 Å². The van der Waals surface area contributed by atoms with Gasteiger partial charge in [0.05, 0.1) is 11.1 Å². The largest absolute Gasteiger partial charge is 0.270 e. The maximum Gasteiger partial charge on any atom is 0.270 e. The molecule has 1 aromatic heterocycles. The third-order valence-corrected chi connectivity index (χ3v) is 3.67. The molecule has 3 rings (SSSR count). The smallest absolute Gasteiger partial charge is 0.258 e. The molecule has 24 heavy (non-hydrogen) atoms. The average molecular weight is 360 g/mol. The molecule has 0 unspecified atom stereocenters. The highest BCUT2D eigenvalue weighted by molar-refractivity contribution is 7.71. The number of H-pyrrole nitrogens is 1. The van der Waals surface area contributed by atoms with Crippen molar-refractivity contribution in [3.05, 3.63) is 74.0 Å². The molecule has 0 aliphatic carbocycles. The van der Waals surface area contributed by atoms with Crippen molar-refractivity contribution in [2.24, 2.45) is 5.10 Å². The first kappa shape index (κ1) is 16.0. The molecule has 0 saturated heterocycles. The molecule has 0 radical (unpaired) electrons. The van der Waals surface area contributed by atoms with Crippen LogP contribution in [0.4, 0.5) is 5.69 Å². The summed E-state index contributed by atoms with van der Waals surface area (Å²) in [5.74, 6) is 0.512. The van der Waals surface area contributed by atoms with Crippen molar-refractivity contribution >= 4 is 35.7 Å². The maximum absolute atomic E-state index is 10.8. The molecule has 2 aromatic carbocycles. The number of nitrogens with zero attached hydrogens (tertiary/aromatic N) is 4. The van der Waals surface area contributed by atoms with Gasteiger partial charge in [-0.3, -0.25) is 10.1 Å². The maximum atomic E-state index is 10.8. The lowest BCUT2D eigenvalue weighted by Crippen LogP contribution is -1.95. The molecule has 1 heterocycles. The summed E-state index contributed by atoms with van der Waals surface area (Å²) in [6.07, 6.45) is 1.48. The second-order valence-electron chi connectivity index (χ2n) is 4.77. The standard InChI is InChI=1S/C15H10ClN5O2S/c16-12-6-4-11(5-7-12)14-18-19-15(24)20(14)17-9-10-2-1-3-13(8-10)21(22)23/h1-9H,(H,19,24)/b17-9+. The molecular weight excluding hydrogens is 350 g/mol. The van der Waals surface area contributed by atoms with Crippen LogP contribution in [0.3, 0.4) is 0 Å². The summed E-state index contributed by atoms with van der Waals surface area (Å²) in [6.45, 7) is 0. The van der Waals surface area contributed by atoms with E-state index in [1.807, 2.05) is 0 Å². The first-order valence-electron chi connectivity index (χ1n) is 6.77. The van der Waals surface area contributed by atoms with E-state index >= 15 is 0 Å². The van der Waals surface area contributed by atoms with Crippen LogP contribution in [0.25, 0.3) is 11.4 Å². The monoisotopic (exact) mass is 359 g/mol. The lowest BCUT2D eigenvalue weighted by atomic mass is 10.2. The van der Waals surface area contributed by atoms with Crippen LogP contribution in [0.2, 0.25) is 5.02 Å². The Morgan fingerprint density at radius 1 is 1.29 bits per heavy atom. The molecule has 0 aliphatic heterocycles. The second kappa shape index (κ2) is 6.73. The molecule has 0 saturated carbocycles. The van der Waals surface area contributed by atoms with E-state index < -0.39 is 4.92 Å². The van der Waals surface area contributed by atoms with Gasteiger partial charge in [-0.05, 0) is 36.5 Å². The number of benzene rings is 2. The topological polar surface area (TPSA) is 89.1 Å². The van der Waals surface area contributed by atoms with Crippen LogP contribution in [-0.4, -0.2) is 26.0 Å². The average Bonchev–Trinajstić information content (AvgIpc) is 2.95. The minimum Gasteiger partial charge on any atom is -0.258 e. The molecule has 0 atom stereocenters. The van der Waals surface area contributed by atoms with E-state index in [0.29, 0.717) is 21.2 Å². The van der Waals surface area contributed by atoms with Crippen molar-refractivity contribution in [3.63, 3.8) is 0 Å². The number of halogens is 1. The highest BCUT2D eigenvalue weighted by atomic mass is 35.5. The number of hydrogen-bond donors (Lipinski definition) is 1. The fourth-order valence-electron chi connectivity index (χ4n) is 2.03. The van der Waals surface area contributed by atoms with Crippen molar-refractivity contribution in [1.82, 2.24) is 14.9 Å². The van der Waals surface area contributed by atoms with Crippen LogP contribution >= 0.6 is 23.8 Å². The molecule has 0 fully saturated rings. The summed E-state index contributed by atoms with van der Waals surface area (Å²) in [5, 5.41) is 22.5. The van der Waals surface area contributed by atoms with E-state index in [2.05, 4.69) is 15.3 Å². The van der Waals surface area contributed by atoms with Crippen LogP contribution in [-0.2, 0) is 0 Å². The third kappa shape index (κ3) is 3.39. The van der Waals surface area contributed by atoms with Gasteiger partial charge in [0.25, 0.3) is 5.69 Å². The van der Waals surface area contributed by atoms with Gasteiger partial charge in [-0.25, -0.2) is 5.10 Å². The van der Waals surface area contributed by atoms with Crippen LogP contribution in [0.1, 0.15) is 5.56 Å². The SMILES string of the molecule is O=[N+]([O-])c1cccc(/C=N/n2c(-c3ccc(Cl)cc3)n[nH]c2=S)c1. The molecule has 3 aromatic rings. The third-order valence-electron chi connectivity index (χ3n) is 3.16. The van der Waals surface area contributed by atoms with E-state index in [1.54, 1.807) is 36.4 Å². The van der Waals surface area contributed by atoms with Gasteiger partial charge in [-0.1, -0.05) is 23.7 Å². The van der Waals surface area contributed by atoms with Crippen molar-refractivity contribution in [1.29, 1.82) is 0 Å². The Labute approximate surface area is 146 Å². The zero-order valence-corrected chi connectivity index (χ0v) is 13.7. The van der Waals surface area contributed by atoms with E-state index in [4.69, 9.17) is 23.8 Å². The predicted octanol–water partition coefficient (Wildman–Crippen LogP) is 4.05. The van der Waals surface area contributed by atoms with Crippen molar-refractivity contribution < 1.29 is 4.92 Å². The van der Waals surface area contributed by atoms with Gasteiger partial charge in [0.2, 0.25) is 4.77 Å². The summed E-state index contributed by atoms with van der Waals surface area (Å²) >= 11 is 11.1. The summed E-state index contributed by atoms with van der Waals surface area (Å²) in [6, 6.07) is 13.2. The van der Waals surface area contributed by atoms with Crippen LogP contribution < -0.4 is 0 Å². The zero-order valence-electron chi connectivity index (χ0n) is 12.1. The summed E-state index contributed by atoms with van der Waals surface area (Å²) in [7, 11) is 0. The first-order chi connectivity index (χ1) is 11.5. The van der Waals surface area contributed by atoms with Gasteiger partial charge in [0.15, 0.2) is 5.82 Å². The Hall–Kier alpha value is -2.84. The number of nitrogens with one attached hydrogen (secondary N) is 1. The number of nitro benzene ring substituents is 1. The summed E-state index contributed by atoms with van der Waals surface area (Å²) in [5.41, 5.74) is 1.35.